The molecule has 6 nitrogen and oxygen atoms in total. The molecule has 0 rings (SSSR count). The number of hydrogen-bond donors (Lipinski definition) is 3. The third kappa shape index (κ3) is 26.6. The summed E-state index contributed by atoms with van der Waals surface area (Å²) >= 11 is 0. The fourth-order valence-corrected chi connectivity index (χ4v) is 1.65. The first-order valence-corrected chi connectivity index (χ1v) is 10.5. The van der Waals surface area contributed by atoms with Crippen LogP contribution in [0, 0.1) is 17.8 Å². The van der Waals surface area contributed by atoms with E-state index in [1.807, 2.05) is 83.1 Å². The highest BCUT2D eigenvalue weighted by Crippen LogP contribution is 1.98. The Morgan fingerprint density at radius 3 is 0.964 bits per heavy atom. The Kier molecular flexibility index (Phi) is 19.5. The van der Waals surface area contributed by atoms with Crippen LogP contribution in [0.25, 0.3) is 0 Å². The van der Waals surface area contributed by atoms with Gasteiger partial charge in [-0.1, -0.05) is 41.5 Å². The van der Waals surface area contributed by atoms with Gasteiger partial charge >= 0.3 is 0 Å². The Bertz CT molecular complexity index is 391. The van der Waals surface area contributed by atoms with Crippen LogP contribution in [0.3, 0.4) is 0 Å². The molecule has 3 N–H and O–H groups in total. The van der Waals surface area contributed by atoms with E-state index in [1.54, 1.807) is 0 Å². The molecule has 0 aliphatic heterocycles. The summed E-state index contributed by atoms with van der Waals surface area (Å²) < 4.78 is 0. The molecule has 0 unspecified atom stereocenters. The van der Waals surface area contributed by atoms with Gasteiger partial charge in [0.25, 0.3) is 0 Å². The molecule has 0 aromatic carbocycles. The summed E-state index contributed by atoms with van der Waals surface area (Å²) in [7, 11) is 0. The highest BCUT2D eigenvalue weighted by molar-refractivity contribution is 5.78. The Labute approximate surface area is 174 Å². The standard InChI is InChI=1S/C8H17NO.2C7H15NO/c1-6(2)5-8(10)9-7(3)4;2*1-5(2)7(9)8-6(3)4/h6-7H,5H2,1-4H3,(H,9,10);2*5-6H,1-4H3,(H,8,9). The van der Waals surface area contributed by atoms with Crippen LogP contribution in [0.1, 0.15) is 89.5 Å². The van der Waals surface area contributed by atoms with Gasteiger partial charge in [0.2, 0.25) is 17.7 Å². The summed E-state index contributed by atoms with van der Waals surface area (Å²) in [6.07, 6.45) is 0.637. The largest absolute Gasteiger partial charge is 0.354 e. The Morgan fingerprint density at radius 1 is 0.536 bits per heavy atom. The smallest absolute Gasteiger partial charge is 0.222 e. The van der Waals surface area contributed by atoms with Gasteiger partial charge in [0.15, 0.2) is 0 Å². The molecule has 0 aromatic heterocycles. The highest BCUT2D eigenvalue weighted by atomic mass is 16.2. The first-order chi connectivity index (χ1) is 12.6. The Morgan fingerprint density at radius 2 is 0.821 bits per heavy atom. The van der Waals surface area contributed by atoms with Crippen LogP contribution in [-0.4, -0.2) is 35.8 Å². The number of amides is 3. The third-order valence-corrected chi connectivity index (χ3v) is 2.95. The Balaban J connectivity index is -0.000000336. The lowest BCUT2D eigenvalue weighted by molar-refractivity contribution is -0.125. The third-order valence-electron chi connectivity index (χ3n) is 2.95. The minimum atomic E-state index is 0.104. The van der Waals surface area contributed by atoms with Crippen molar-refractivity contribution in [3.8, 4) is 0 Å². The molecule has 0 fully saturated rings. The summed E-state index contributed by atoms with van der Waals surface area (Å²) in [5.74, 6) is 1.08. The average Bonchev–Trinajstić information content (AvgIpc) is 2.44. The molecule has 0 heterocycles. The van der Waals surface area contributed by atoms with Crippen molar-refractivity contribution >= 4 is 17.7 Å². The van der Waals surface area contributed by atoms with E-state index in [0.29, 0.717) is 12.3 Å². The molecule has 0 aliphatic rings. The quantitative estimate of drug-likeness (QED) is 0.605. The number of rotatable bonds is 7. The van der Waals surface area contributed by atoms with Crippen molar-refractivity contribution < 1.29 is 14.4 Å². The van der Waals surface area contributed by atoms with E-state index in [-0.39, 0.29) is 47.7 Å². The van der Waals surface area contributed by atoms with Crippen molar-refractivity contribution in [2.24, 2.45) is 17.8 Å². The second kappa shape index (κ2) is 17.5. The van der Waals surface area contributed by atoms with Gasteiger partial charge in [0, 0.05) is 36.4 Å². The second-order valence-corrected chi connectivity index (χ2v) is 8.96. The summed E-state index contributed by atoms with van der Waals surface area (Å²) in [5, 5.41) is 8.44. The molecule has 0 saturated carbocycles. The number of carbonyl (C=O) groups excluding carboxylic acids is 3. The molecule has 3 amide bonds. The van der Waals surface area contributed by atoms with Crippen LogP contribution in [0.2, 0.25) is 0 Å². The van der Waals surface area contributed by atoms with Crippen LogP contribution in [-0.2, 0) is 14.4 Å². The molecule has 28 heavy (non-hydrogen) atoms. The maximum absolute atomic E-state index is 11.0. The van der Waals surface area contributed by atoms with Gasteiger partial charge in [-0.25, -0.2) is 0 Å². The molecule has 0 bridgehead atoms. The van der Waals surface area contributed by atoms with Gasteiger partial charge in [-0.05, 0) is 47.5 Å². The lowest BCUT2D eigenvalue weighted by atomic mass is 10.1. The second-order valence-electron chi connectivity index (χ2n) is 8.96. The van der Waals surface area contributed by atoms with Gasteiger partial charge in [-0.15, -0.1) is 0 Å². The van der Waals surface area contributed by atoms with Crippen molar-refractivity contribution in [1.82, 2.24) is 16.0 Å². The fraction of sp³-hybridized carbons (Fsp3) is 0.864. The fourth-order valence-electron chi connectivity index (χ4n) is 1.65. The monoisotopic (exact) mass is 401 g/mol. The summed E-state index contributed by atoms with van der Waals surface area (Å²) in [6, 6.07) is 0.797. The predicted molar refractivity (Wildman–Crippen MR) is 119 cm³/mol. The number of carbonyl (C=O) groups is 3. The first kappa shape index (κ1) is 31.1. The van der Waals surface area contributed by atoms with Crippen molar-refractivity contribution in [1.29, 1.82) is 0 Å². The molecule has 168 valence electrons. The zero-order chi connectivity index (χ0) is 23.0. The van der Waals surface area contributed by atoms with E-state index in [0.717, 1.165) is 0 Å². The predicted octanol–water partition coefficient (Wildman–Crippen LogP) is 3.89. The Hall–Kier alpha value is -1.59. The van der Waals surface area contributed by atoms with Crippen LogP contribution < -0.4 is 16.0 Å². The first-order valence-electron chi connectivity index (χ1n) is 10.5. The van der Waals surface area contributed by atoms with Gasteiger partial charge in [-0.2, -0.15) is 0 Å². The normalized spacial score (nSPS) is 10.5. The van der Waals surface area contributed by atoms with Gasteiger partial charge in [0.05, 0.1) is 0 Å². The molecule has 0 atom stereocenters. The van der Waals surface area contributed by atoms with E-state index in [2.05, 4.69) is 16.0 Å². The zero-order valence-electron chi connectivity index (χ0n) is 20.4. The maximum atomic E-state index is 11.0. The van der Waals surface area contributed by atoms with Crippen molar-refractivity contribution in [2.45, 2.75) is 108 Å². The van der Waals surface area contributed by atoms with Gasteiger partial charge < -0.3 is 16.0 Å². The van der Waals surface area contributed by atoms with Gasteiger partial charge in [-0.3, -0.25) is 14.4 Å². The lowest BCUT2D eigenvalue weighted by Crippen LogP contribution is -2.33. The molecule has 0 aliphatic carbocycles. The summed E-state index contributed by atoms with van der Waals surface area (Å²) in [4.78, 5) is 32.6. The molecule has 0 radical (unpaired) electrons. The SMILES string of the molecule is CC(C)CC(=O)NC(C)C.CC(C)NC(=O)C(C)C.CC(C)NC(=O)C(C)C. The van der Waals surface area contributed by atoms with E-state index in [4.69, 9.17) is 0 Å². The minimum Gasteiger partial charge on any atom is -0.354 e. The van der Waals surface area contributed by atoms with Crippen LogP contribution >= 0.6 is 0 Å². The van der Waals surface area contributed by atoms with E-state index >= 15 is 0 Å². The molecule has 6 heteroatoms. The highest BCUT2D eigenvalue weighted by Gasteiger charge is 2.07. The molecule has 0 spiro atoms. The molecule has 0 saturated heterocycles. The zero-order valence-corrected chi connectivity index (χ0v) is 20.4. The van der Waals surface area contributed by atoms with E-state index in [1.165, 1.54) is 0 Å². The van der Waals surface area contributed by atoms with Gasteiger partial charge in [0.1, 0.15) is 0 Å². The van der Waals surface area contributed by atoms with Crippen molar-refractivity contribution in [3.05, 3.63) is 0 Å². The van der Waals surface area contributed by atoms with Crippen molar-refractivity contribution in [2.75, 3.05) is 0 Å². The minimum absolute atomic E-state index is 0.104. The van der Waals surface area contributed by atoms with E-state index < -0.39 is 0 Å². The molecular formula is C22H47N3O3. The van der Waals surface area contributed by atoms with E-state index in [9.17, 15) is 14.4 Å². The van der Waals surface area contributed by atoms with Crippen molar-refractivity contribution in [3.63, 3.8) is 0 Å². The van der Waals surface area contributed by atoms with Crippen LogP contribution in [0.15, 0.2) is 0 Å². The average molecular weight is 402 g/mol. The summed E-state index contributed by atoms with van der Waals surface area (Å²) in [6.45, 7) is 23.4. The van der Waals surface area contributed by atoms with Crippen LogP contribution in [0.4, 0.5) is 0 Å². The topological polar surface area (TPSA) is 87.3 Å². The number of nitrogens with one attached hydrogen (secondary N) is 3. The lowest BCUT2D eigenvalue weighted by Gasteiger charge is -2.09. The maximum Gasteiger partial charge on any atom is 0.222 e. The molecule has 0 aromatic rings. The molecular weight excluding hydrogens is 354 g/mol. The summed E-state index contributed by atoms with van der Waals surface area (Å²) in [5.41, 5.74) is 0. The number of hydrogen-bond acceptors (Lipinski definition) is 3. The van der Waals surface area contributed by atoms with Crippen LogP contribution in [0.5, 0.6) is 0 Å².